The third-order valence-electron chi connectivity index (χ3n) is 4.41. The molecule has 1 saturated heterocycles. The number of amides is 1. The number of fused-ring (bicyclic) bond motifs is 1. The Bertz CT molecular complexity index is 757. The maximum Gasteiger partial charge on any atom is 0.328 e. The van der Waals surface area contributed by atoms with Crippen molar-refractivity contribution in [3.63, 3.8) is 0 Å². The van der Waals surface area contributed by atoms with Gasteiger partial charge >= 0.3 is 5.97 Å². The van der Waals surface area contributed by atoms with Gasteiger partial charge in [-0.15, -0.1) is 0 Å². The summed E-state index contributed by atoms with van der Waals surface area (Å²) in [6.45, 7) is 2.01. The summed E-state index contributed by atoms with van der Waals surface area (Å²) in [5.74, 6) is -0.336. The average Bonchev–Trinajstić information content (AvgIpc) is 3.16. The molecule has 1 saturated carbocycles. The van der Waals surface area contributed by atoms with Gasteiger partial charge in [0.25, 0.3) is 5.91 Å². The van der Waals surface area contributed by atoms with Crippen molar-refractivity contribution in [3.8, 4) is 0 Å². The molecule has 6 nitrogen and oxygen atoms in total. The standard InChI is InChI=1S/C16H19NO5S/c1-3-22-16(19)14-9-11-8-13(11)17(14)15(18)10-5-4-6-12(7-10)23(2,20)21/h4-7,11,13-14H,3,8-9H2,1-2H3/t11?,13-,14-/m1/s1. The lowest BCUT2D eigenvalue weighted by atomic mass is 10.1. The van der Waals surface area contributed by atoms with Crippen LogP contribution < -0.4 is 0 Å². The number of ether oxygens (including phenoxy) is 1. The fourth-order valence-electron chi connectivity index (χ4n) is 3.21. The Morgan fingerprint density at radius 1 is 1.30 bits per heavy atom. The van der Waals surface area contributed by atoms with Gasteiger partial charge in [0.05, 0.1) is 11.5 Å². The normalized spacial score (nSPS) is 25.8. The first-order valence-electron chi connectivity index (χ1n) is 7.62. The van der Waals surface area contributed by atoms with E-state index in [-0.39, 0.29) is 35.0 Å². The van der Waals surface area contributed by atoms with E-state index in [0.29, 0.717) is 12.3 Å². The number of hydrogen-bond acceptors (Lipinski definition) is 5. The van der Waals surface area contributed by atoms with Crippen molar-refractivity contribution in [1.29, 1.82) is 0 Å². The van der Waals surface area contributed by atoms with E-state index in [1.54, 1.807) is 24.0 Å². The maximum atomic E-state index is 12.8. The molecule has 0 radical (unpaired) electrons. The third-order valence-corrected chi connectivity index (χ3v) is 5.52. The van der Waals surface area contributed by atoms with Crippen molar-refractivity contribution in [3.05, 3.63) is 29.8 Å². The second-order valence-corrected chi connectivity index (χ2v) is 8.09. The van der Waals surface area contributed by atoms with E-state index in [4.69, 9.17) is 4.74 Å². The number of hydrogen-bond donors (Lipinski definition) is 0. The van der Waals surface area contributed by atoms with E-state index in [0.717, 1.165) is 12.7 Å². The molecule has 0 bridgehead atoms. The van der Waals surface area contributed by atoms with E-state index in [2.05, 4.69) is 0 Å². The van der Waals surface area contributed by atoms with Gasteiger partial charge in [-0.2, -0.15) is 0 Å². The number of sulfone groups is 1. The SMILES string of the molecule is CCOC(=O)[C@H]1CC2C[C@H]2N1C(=O)c1cccc(S(C)(=O)=O)c1. The Kier molecular flexibility index (Phi) is 3.91. The van der Waals surface area contributed by atoms with Gasteiger partial charge in [-0.1, -0.05) is 6.07 Å². The Labute approximate surface area is 135 Å². The van der Waals surface area contributed by atoms with E-state index in [9.17, 15) is 18.0 Å². The van der Waals surface area contributed by atoms with E-state index < -0.39 is 15.9 Å². The molecular weight excluding hydrogens is 318 g/mol. The summed E-state index contributed by atoms with van der Waals surface area (Å²) >= 11 is 0. The summed E-state index contributed by atoms with van der Waals surface area (Å²) < 4.78 is 28.4. The van der Waals surface area contributed by atoms with Crippen molar-refractivity contribution in [2.45, 2.75) is 36.7 Å². The van der Waals surface area contributed by atoms with Crippen LogP contribution in [0.25, 0.3) is 0 Å². The van der Waals surface area contributed by atoms with Gasteiger partial charge in [0.15, 0.2) is 9.84 Å². The Morgan fingerprint density at radius 2 is 2.04 bits per heavy atom. The minimum absolute atomic E-state index is 0.0683. The Morgan fingerprint density at radius 3 is 2.70 bits per heavy atom. The lowest BCUT2D eigenvalue weighted by Gasteiger charge is -2.26. The van der Waals surface area contributed by atoms with Crippen molar-refractivity contribution >= 4 is 21.7 Å². The zero-order chi connectivity index (χ0) is 16.8. The Hall–Kier alpha value is -1.89. The molecule has 1 aliphatic heterocycles. The van der Waals surface area contributed by atoms with Crippen LogP contribution in [0.1, 0.15) is 30.1 Å². The summed E-state index contributed by atoms with van der Waals surface area (Å²) in [6.07, 6.45) is 2.62. The number of piperidine rings is 1. The van der Waals surface area contributed by atoms with Crippen LogP contribution >= 0.6 is 0 Å². The van der Waals surface area contributed by atoms with Gasteiger partial charge in [0.2, 0.25) is 0 Å². The van der Waals surface area contributed by atoms with Crippen molar-refractivity contribution in [1.82, 2.24) is 4.90 Å². The molecule has 0 aromatic heterocycles. The summed E-state index contributed by atoms with van der Waals surface area (Å²) in [7, 11) is -3.39. The van der Waals surface area contributed by atoms with Gasteiger partial charge in [0.1, 0.15) is 6.04 Å². The van der Waals surface area contributed by atoms with Gasteiger partial charge in [-0.3, -0.25) is 4.79 Å². The lowest BCUT2D eigenvalue weighted by molar-refractivity contribution is -0.148. The predicted molar refractivity (Wildman–Crippen MR) is 82.7 cm³/mol. The maximum absolute atomic E-state index is 12.8. The molecule has 3 atom stereocenters. The second kappa shape index (κ2) is 5.63. The second-order valence-electron chi connectivity index (χ2n) is 6.08. The fourth-order valence-corrected chi connectivity index (χ4v) is 3.87. The number of nitrogens with zero attached hydrogens (tertiary/aromatic N) is 1. The fraction of sp³-hybridized carbons (Fsp3) is 0.500. The molecule has 1 amide bonds. The molecule has 2 aliphatic rings. The monoisotopic (exact) mass is 337 g/mol. The van der Waals surface area contributed by atoms with Crippen LogP contribution in [0.15, 0.2) is 29.2 Å². The molecule has 0 N–H and O–H groups in total. The molecule has 2 fully saturated rings. The van der Waals surface area contributed by atoms with Gasteiger partial charge in [-0.05, 0) is 43.9 Å². The van der Waals surface area contributed by atoms with Crippen LogP contribution in [0.3, 0.4) is 0 Å². The van der Waals surface area contributed by atoms with Crippen LogP contribution in [-0.4, -0.2) is 50.1 Å². The molecule has 1 aliphatic carbocycles. The molecule has 124 valence electrons. The Balaban J connectivity index is 1.88. The van der Waals surface area contributed by atoms with Crippen LogP contribution in [-0.2, 0) is 19.4 Å². The minimum atomic E-state index is -3.39. The van der Waals surface area contributed by atoms with E-state index in [1.165, 1.54) is 12.1 Å². The first-order chi connectivity index (χ1) is 10.8. The molecule has 1 aromatic rings. The number of benzene rings is 1. The molecule has 7 heteroatoms. The summed E-state index contributed by atoms with van der Waals surface area (Å²) in [5.41, 5.74) is 0.287. The average molecular weight is 337 g/mol. The molecule has 3 rings (SSSR count). The topological polar surface area (TPSA) is 80.8 Å². The van der Waals surface area contributed by atoms with E-state index in [1.807, 2.05) is 0 Å². The molecule has 1 aromatic carbocycles. The smallest absolute Gasteiger partial charge is 0.328 e. The molecule has 1 unspecified atom stereocenters. The number of rotatable bonds is 4. The zero-order valence-corrected chi connectivity index (χ0v) is 13.9. The summed E-state index contributed by atoms with van der Waals surface area (Å²) in [4.78, 5) is 26.6. The summed E-state index contributed by atoms with van der Waals surface area (Å²) in [5, 5.41) is 0. The number of carbonyl (C=O) groups excluding carboxylic acids is 2. The quantitative estimate of drug-likeness (QED) is 0.773. The van der Waals surface area contributed by atoms with Crippen molar-refractivity contribution in [2.24, 2.45) is 5.92 Å². The van der Waals surface area contributed by atoms with Crippen LogP contribution in [0.5, 0.6) is 0 Å². The highest BCUT2D eigenvalue weighted by Crippen LogP contribution is 2.48. The molecule has 1 heterocycles. The lowest BCUT2D eigenvalue weighted by Crippen LogP contribution is -2.44. The van der Waals surface area contributed by atoms with Crippen LogP contribution in [0.2, 0.25) is 0 Å². The largest absolute Gasteiger partial charge is 0.464 e. The van der Waals surface area contributed by atoms with Gasteiger partial charge in [-0.25, -0.2) is 13.2 Å². The summed E-state index contributed by atoms with van der Waals surface area (Å²) in [6, 6.07) is 5.46. The first-order valence-corrected chi connectivity index (χ1v) is 9.51. The third kappa shape index (κ3) is 2.97. The molecular formula is C16H19NO5S. The van der Waals surface area contributed by atoms with Gasteiger partial charge < -0.3 is 9.64 Å². The van der Waals surface area contributed by atoms with Gasteiger partial charge in [0, 0.05) is 17.9 Å². The van der Waals surface area contributed by atoms with Crippen LogP contribution in [0.4, 0.5) is 0 Å². The van der Waals surface area contributed by atoms with Crippen LogP contribution in [0, 0.1) is 5.92 Å². The highest BCUT2D eigenvalue weighted by Gasteiger charge is 2.56. The zero-order valence-electron chi connectivity index (χ0n) is 13.1. The molecule has 23 heavy (non-hydrogen) atoms. The number of likely N-dealkylation sites (tertiary alicyclic amines) is 1. The number of carbonyl (C=O) groups is 2. The van der Waals surface area contributed by atoms with Crippen molar-refractivity contribution < 1.29 is 22.7 Å². The van der Waals surface area contributed by atoms with Crippen molar-refractivity contribution in [2.75, 3.05) is 12.9 Å². The molecule has 0 spiro atoms. The predicted octanol–water partition coefficient (Wildman–Crippen LogP) is 1.26. The number of esters is 1. The first kappa shape index (κ1) is 16.0. The minimum Gasteiger partial charge on any atom is -0.464 e. The highest BCUT2D eigenvalue weighted by atomic mass is 32.2. The highest BCUT2D eigenvalue weighted by molar-refractivity contribution is 7.90. The van der Waals surface area contributed by atoms with E-state index >= 15 is 0 Å².